The molecule has 6 nitrogen and oxygen atoms in total. The first-order valence-electron chi connectivity index (χ1n) is 6.78. The Morgan fingerprint density at radius 2 is 2.29 bits per heavy atom. The second-order valence-corrected chi connectivity index (χ2v) is 5.86. The van der Waals surface area contributed by atoms with E-state index in [1.807, 2.05) is 6.92 Å². The summed E-state index contributed by atoms with van der Waals surface area (Å²) in [5, 5.41) is 12.7. The smallest absolute Gasteiger partial charge is 0.409 e. The van der Waals surface area contributed by atoms with Crippen molar-refractivity contribution in [3.63, 3.8) is 0 Å². The number of carbonyl (C=O) groups is 2. The van der Waals surface area contributed by atoms with Crippen molar-refractivity contribution in [3.8, 4) is 6.07 Å². The van der Waals surface area contributed by atoms with Crippen molar-refractivity contribution < 1.29 is 14.3 Å². The molecule has 0 saturated heterocycles. The van der Waals surface area contributed by atoms with Gasteiger partial charge in [-0.25, -0.2) is 4.79 Å². The van der Waals surface area contributed by atoms with Gasteiger partial charge in [-0.2, -0.15) is 5.26 Å². The predicted molar refractivity (Wildman–Crippen MR) is 79.1 cm³/mol. The average molecular weight is 307 g/mol. The van der Waals surface area contributed by atoms with Gasteiger partial charge in [-0.3, -0.25) is 4.79 Å². The van der Waals surface area contributed by atoms with Gasteiger partial charge < -0.3 is 15.0 Å². The summed E-state index contributed by atoms with van der Waals surface area (Å²) in [5.74, 6) is -0.0857. The van der Waals surface area contributed by atoms with E-state index in [9.17, 15) is 14.9 Å². The summed E-state index contributed by atoms with van der Waals surface area (Å²) in [4.78, 5) is 25.8. The highest BCUT2D eigenvalue weighted by Gasteiger charge is 2.27. The maximum Gasteiger partial charge on any atom is 0.409 e. The Kier molecular flexibility index (Phi) is 4.81. The van der Waals surface area contributed by atoms with Gasteiger partial charge in [0, 0.05) is 17.8 Å². The van der Waals surface area contributed by atoms with Crippen LogP contribution in [0.2, 0.25) is 0 Å². The lowest BCUT2D eigenvalue weighted by molar-refractivity contribution is -0.116. The number of hydrogen-bond acceptors (Lipinski definition) is 5. The molecule has 0 unspecified atom stereocenters. The number of rotatable bonds is 3. The van der Waals surface area contributed by atoms with E-state index in [2.05, 4.69) is 11.4 Å². The summed E-state index contributed by atoms with van der Waals surface area (Å²) < 4.78 is 4.72. The van der Waals surface area contributed by atoms with Crippen LogP contribution in [-0.2, 0) is 22.5 Å². The maximum absolute atomic E-state index is 11.7. The topological polar surface area (TPSA) is 82.4 Å². The number of nitrogens with zero attached hydrogens (tertiary/aromatic N) is 2. The van der Waals surface area contributed by atoms with E-state index in [4.69, 9.17) is 4.74 Å². The first-order valence-corrected chi connectivity index (χ1v) is 7.59. The first kappa shape index (κ1) is 15.3. The summed E-state index contributed by atoms with van der Waals surface area (Å²) in [6.45, 7) is 2.87. The number of hydrogen-bond donors (Lipinski definition) is 1. The molecular formula is C14H17N3O3S. The number of anilines is 1. The van der Waals surface area contributed by atoms with Crippen LogP contribution in [0.5, 0.6) is 0 Å². The van der Waals surface area contributed by atoms with Crippen molar-refractivity contribution in [3.05, 3.63) is 16.0 Å². The van der Waals surface area contributed by atoms with Crippen LogP contribution in [0.25, 0.3) is 0 Å². The Labute approximate surface area is 127 Å². The minimum Gasteiger partial charge on any atom is -0.453 e. The van der Waals surface area contributed by atoms with Crippen LogP contribution in [0.15, 0.2) is 0 Å². The zero-order valence-electron chi connectivity index (χ0n) is 12.1. The molecule has 1 aromatic heterocycles. The molecule has 112 valence electrons. The molecule has 0 radical (unpaired) electrons. The highest BCUT2D eigenvalue weighted by Crippen LogP contribution is 2.36. The summed E-state index contributed by atoms with van der Waals surface area (Å²) in [5.41, 5.74) is 1.47. The molecule has 0 aliphatic carbocycles. The molecule has 0 aromatic carbocycles. The average Bonchev–Trinajstić information content (AvgIpc) is 2.82. The molecule has 0 fully saturated rings. The zero-order valence-corrected chi connectivity index (χ0v) is 12.9. The van der Waals surface area contributed by atoms with Crippen molar-refractivity contribution in [2.45, 2.75) is 32.7 Å². The van der Waals surface area contributed by atoms with Gasteiger partial charge in [0.15, 0.2) is 0 Å². The standard InChI is InChI=1S/C14H17N3O3S/c1-3-4-12(18)16-13-10(7-15)9-5-6-17(14(19)20-2)8-11(9)21-13/h3-6,8H2,1-2H3,(H,16,18). The Balaban J connectivity index is 2.23. The molecule has 7 heteroatoms. The van der Waals surface area contributed by atoms with E-state index in [1.165, 1.54) is 18.4 Å². The van der Waals surface area contributed by atoms with Crippen molar-refractivity contribution >= 4 is 28.3 Å². The second-order valence-electron chi connectivity index (χ2n) is 4.76. The van der Waals surface area contributed by atoms with Crippen molar-refractivity contribution in [1.82, 2.24) is 4.90 Å². The largest absolute Gasteiger partial charge is 0.453 e. The molecule has 2 heterocycles. The zero-order chi connectivity index (χ0) is 15.4. The molecular weight excluding hydrogens is 290 g/mol. The number of fused-ring (bicyclic) bond motifs is 1. The summed E-state index contributed by atoms with van der Waals surface area (Å²) >= 11 is 1.37. The molecule has 1 aliphatic heterocycles. The fourth-order valence-electron chi connectivity index (χ4n) is 2.31. The van der Waals surface area contributed by atoms with Crippen LogP contribution in [0.3, 0.4) is 0 Å². The van der Waals surface area contributed by atoms with E-state index in [0.717, 1.165) is 16.9 Å². The van der Waals surface area contributed by atoms with Crippen LogP contribution in [-0.4, -0.2) is 30.6 Å². The van der Waals surface area contributed by atoms with Crippen LogP contribution >= 0.6 is 11.3 Å². The van der Waals surface area contributed by atoms with Crippen LogP contribution in [0, 0.1) is 11.3 Å². The second kappa shape index (κ2) is 6.59. The Bertz CT molecular complexity index is 603. The quantitative estimate of drug-likeness (QED) is 0.930. The third-order valence-electron chi connectivity index (χ3n) is 3.33. The van der Waals surface area contributed by atoms with Crippen LogP contribution in [0.1, 0.15) is 35.8 Å². The summed E-state index contributed by atoms with van der Waals surface area (Å²) in [7, 11) is 1.35. The molecule has 1 N–H and O–H groups in total. The molecule has 0 bridgehead atoms. The monoisotopic (exact) mass is 307 g/mol. The van der Waals surface area contributed by atoms with E-state index < -0.39 is 0 Å². The lowest BCUT2D eigenvalue weighted by Crippen LogP contribution is -2.35. The minimum atomic E-state index is -0.371. The number of amides is 2. The van der Waals surface area contributed by atoms with Gasteiger partial charge in [0.1, 0.15) is 11.1 Å². The summed E-state index contributed by atoms with van der Waals surface area (Å²) in [6, 6.07) is 2.17. The Morgan fingerprint density at radius 3 is 2.90 bits per heavy atom. The van der Waals surface area contributed by atoms with Crippen molar-refractivity contribution in [1.29, 1.82) is 5.26 Å². The van der Waals surface area contributed by atoms with E-state index in [1.54, 1.807) is 4.90 Å². The van der Waals surface area contributed by atoms with Crippen molar-refractivity contribution in [2.24, 2.45) is 0 Å². The number of thiophene rings is 1. The number of nitrogens with one attached hydrogen (secondary N) is 1. The third kappa shape index (κ3) is 3.16. The van der Waals surface area contributed by atoms with Gasteiger partial charge in [0.2, 0.25) is 5.91 Å². The lowest BCUT2D eigenvalue weighted by Gasteiger charge is -2.25. The fraction of sp³-hybridized carbons (Fsp3) is 0.500. The maximum atomic E-state index is 11.7. The van der Waals surface area contributed by atoms with E-state index in [-0.39, 0.29) is 12.0 Å². The van der Waals surface area contributed by atoms with Gasteiger partial charge in [0.05, 0.1) is 19.2 Å². The molecule has 1 aliphatic rings. The Hall–Kier alpha value is -2.07. The number of methoxy groups -OCH3 is 1. The van der Waals surface area contributed by atoms with Gasteiger partial charge >= 0.3 is 6.09 Å². The van der Waals surface area contributed by atoms with Crippen LogP contribution in [0.4, 0.5) is 9.80 Å². The number of nitriles is 1. The van der Waals surface area contributed by atoms with Crippen molar-refractivity contribution in [2.75, 3.05) is 19.0 Å². The van der Waals surface area contributed by atoms with E-state index in [0.29, 0.717) is 36.5 Å². The normalized spacial score (nSPS) is 13.3. The molecule has 0 spiro atoms. The molecule has 1 aromatic rings. The van der Waals surface area contributed by atoms with Gasteiger partial charge in [0.25, 0.3) is 0 Å². The Morgan fingerprint density at radius 1 is 1.52 bits per heavy atom. The van der Waals surface area contributed by atoms with Crippen LogP contribution < -0.4 is 5.32 Å². The first-order chi connectivity index (χ1) is 10.1. The number of carbonyl (C=O) groups excluding carboxylic acids is 2. The summed E-state index contributed by atoms with van der Waals surface area (Å²) in [6.07, 6.45) is 1.42. The van der Waals surface area contributed by atoms with Gasteiger partial charge in [-0.15, -0.1) is 11.3 Å². The fourth-order valence-corrected chi connectivity index (χ4v) is 3.54. The highest BCUT2D eigenvalue weighted by atomic mass is 32.1. The minimum absolute atomic E-state index is 0.0857. The predicted octanol–water partition coefficient (Wildman–Crippen LogP) is 2.48. The molecule has 2 rings (SSSR count). The third-order valence-corrected chi connectivity index (χ3v) is 4.46. The molecule has 0 atom stereocenters. The lowest BCUT2D eigenvalue weighted by atomic mass is 10.0. The van der Waals surface area contributed by atoms with E-state index >= 15 is 0 Å². The van der Waals surface area contributed by atoms with Gasteiger partial charge in [-0.1, -0.05) is 6.92 Å². The van der Waals surface area contributed by atoms with Gasteiger partial charge in [-0.05, 0) is 18.4 Å². The molecule has 2 amide bonds. The number of ether oxygens (including phenoxy) is 1. The molecule has 0 saturated carbocycles. The molecule has 21 heavy (non-hydrogen) atoms. The SMILES string of the molecule is CCCC(=O)Nc1sc2c(c1C#N)CCN(C(=O)OC)C2. The highest BCUT2D eigenvalue weighted by molar-refractivity contribution is 7.16.